The van der Waals surface area contributed by atoms with Crippen molar-refractivity contribution in [2.24, 2.45) is 5.73 Å². The van der Waals surface area contributed by atoms with Crippen LogP contribution in [-0.4, -0.2) is 69.4 Å². The van der Waals surface area contributed by atoms with Crippen LogP contribution in [0.25, 0.3) is 0 Å². The number of benzene rings is 1. The van der Waals surface area contributed by atoms with E-state index in [9.17, 15) is 19.5 Å². The number of hydrogen-bond donors (Lipinski definition) is 5. The van der Waals surface area contributed by atoms with Crippen LogP contribution < -0.4 is 21.8 Å². The molecule has 0 saturated heterocycles. The highest BCUT2D eigenvalue weighted by Crippen LogP contribution is 2.11. The molecule has 3 amide bonds. The molecule has 1 aromatic carbocycles. The van der Waals surface area contributed by atoms with Gasteiger partial charge in [-0.05, 0) is 58.7 Å². The molecule has 0 fully saturated rings. The Morgan fingerprint density at radius 2 is 1.74 bits per heavy atom. The van der Waals surface area contributed by atoms with Crippen LogP contribution in [0.15, 0.2) is 54.7 Å². The number of nitrogens with two attached hydrogens (primary N) is 1. The monoisotopic (exact) mass is 542 g/mol. The Labute approximate surface area is 230 Å². The van der Waals surface area contributed by atoms with Gasteiger partial charge in [0.15, 0.2) is 0 Å². The Balaban J connectivity index is 2.05. The van der Waals surface area contributed by atoms with Crippen molar-refractivity contribution in [2.45, 2.75) is 83.8 Å². The number of hydrazine groups is 1. The van der Waals surface area contributed by atoms with E-state index in [-0.39, 0.29) is 25.6 Å². The Morgan fingerprint density at radius 1 is 1.08 bits per heavy atom. The van der Waals surface area contributed by atoms with Gasteiger partial charge in [0.2, 0.25) is 11.8 Å². The Bertz CT molecular complexity index is 1050. The molecule has 39 heavy (non-hydrogen) atoms. The lowest BCUT2D eigenvalue weighted by Gasteiger charge is -2.33. The normalized spacial score (nSPS) is 13.9. The fraction of sp³-hybridized carbons (Fsp3) is 0.500. The van der Waals surface area contributed by atoms with Crippen molar-refractivity contribution in [3.05, 3.63) is 66.0 Å². The number of aliphatic hydroxyl groups is 1. The predicted molar refractivity (Wildman–Crippen MR) is 148 cm³/mol. The topological polar surface area (TPSA) is 159 Å². The SMILES string of the molecule is CC(C)N(C[C@H](O)[C@H](Cc1ccccc1)NC(=O)[C@@H](N)CC(=O)NCc1ccccn1)NC(=O)OC(C)(C)C. The van der Waals surface area contributed by atoms with Gasteiger partial charge in [-0.3, -0.25) is 20.0 Å². The van der Waals surface area contributed by atoms with E-state index >= 15 is 0 Å². The lowest BCUT2D eigenvalue weighted by Crippen LogP contribution is -2.57. The number of aliphatic hydroxyl groups excluding tert-OH is 1. The zero-order chi connectivity index (χ0) is 29.0. The summed E-state index contributed by atoms with van der Waals surface area (Å²) in [6.45, 7) is 9.22. The molecule has 0 saturated carbocycles. The van der Waals surface area contributed by atoms with E-state index in [1.165, 1.54) is 0 Å². The molecule has 0 unspecified atom stereocenters. The van der Waals surface area contributed by atoms with Crippen LogP contribution in [0.2, 0.25) is 0 Å². The van der Waals surface area contributed by atoms with Crippen molar-refractivity contribution in [2.75, 3.05) is 6.54 Å². The summed E-state index contributed by atoms with van der Waals surface area (Å²) in [6.07, 6.45) is -0.0273. The van der Waals surface area contributed by atoms with Crippen molar-refractivity contribution >= 4 is 17.9 Å². The van der Waals surface area contributed by atoms with Crippen molar-refractivity contribution in [1.82, 2.24) is 26.1 Å². The first-order chi connectivity index (χ1) is 18.3. The molecule has 0 radical (unpaired) electrons. The third kappa shape index (κ3) is 12.2. The molecule has 0 aliphatic heterocycles. The van der Waals surface area contributed by atoms with Gasteiger partial charge in [0, 0.05) is 18.8 Å². The van der Waals surface area contributed by atoms with Crippen molar-refractivity contribution in [3.63, 3.8) is 0 Å². The number of carbonyl (C=O) groups excluding carboxylic acids is 3. The van der Waals surface area contributed by atoms with Crippen LogP contribution in [0.3, 0.4) is 0 Å². The number of amides is 3. The molecule has 0 aliphatic carbocycles. The van der Waals surface area contributed by atoms with Gasteiger partial charge in [-0.2, -0.15) is 0 Å². The van der Waals surface area contributed by atoms with Crippen LogP contribution >= 0.6 is 0 Å². The molecule has 11 nitrogen and oxygen atoms in total. The number of rotatable bonds is 13. The van der Waals surface area contributed by atoms with Gasteiger partial charge in [-0.25, -0.2) is 9.80 Å². The Morgan fingerprint density at radius 3 is 2.33 bits per heavy atom. The second-order valence-corrected chi connectivity index (χ2v) is 10.6. The minimum absolute atomic E-state index is 0.00842. The molecule has 1 heterocycles. The van der Waals surface area contributed by atoms with Crippen molar-refractivity contribution in [1.29, 1.82) is 0 Å². The third-order valence-electron chi connectivity index (χ3n) is 5.67. The van der Waals surface area contributed by atoms with Gasteiger partial charge in [-0.1, -0.05) is 36.4 Å². The minimum atomic E-state index is -1.12. The molecule has 214 valence electrons. The van der Waals surface area contributed by atoms with E-state index in [4.69, 9.17) is 10.5 Å². The number of nitrogens with one attached hydrogen (secondary N) is 3. The summed E-state index contributed by atoms with van der Waals surface area (Å²) in [6, 6.07) is 12.7. The summed E-state index contributed by atoms with van der Waals surface area (Å²) in [5.41, 5.74) is 9.61. The average Bonchev–Trinajstić information content (AvgIpc) is 2.86. The maximum atomic E-state index is 13.0. The molecule has 3 atom stereocenters. The standard InChI is InChI=1S/C28H42N6O5/c1-19(2)34(33-27(38)39-28(3,4)5)18-24(35)23(15-20-11-7-6-8-12-20)32-26(37)22(29)16-25(36)31-17-21-13-9-10-14-30-21/h6-14,19,22-24,35H,15-18,29H2,1-5H3,(H,31,36)(H,32,37)(H,33,38)/t22-,23-,24-/m0/s1. The Hall–Kier alpha value is -3.54. The summed E-state index contributed by atoms with van der Waals surface area (Å²) in [5, 5.41) is 18.2. The smallest absolute Gasteiger partial charge is 0.422 e. The van der Waals surface area contributed by atoms with Gasteiger partial charge in [-0.15, -0.1) is 0 Å². The highest BCUT2D eigenvalue weighted by atomic mass is 16.6. The van der Waals surface area contributed by atoms with Crippen LogP contribution in [0, 0.1) is 0 Å². The number of ether oxygens (including phenoxy) is 1. The summed E-state index contributed by atoms with van der Waals surface area (Å²) in [5.74, 6) is -0.963. The molecule has 2 aromatic rings. The van der Waals surface area contributed by atoms with Gasteiger partial charge in [0.05, 0.1) is 36.8 Å². The van der Waals surface area contributed by atoms with Crippen LogP contribution in [0.4, 0.5) is 4.79 Å². The van der Waals surface area contributed by atoms with Crippen LogP contribution in [0.5, 0.6) is 0 Å². The number of aromatic nitrogens is 1. The van der Waals surface area contributed by atoms with E-state index in [2.05, 4.69) is 21.0 Å². The average molecular weight is 543 g/mol. The molecular formula is C28H42N6O5. The number of carbonyl (C=O) groups is 3. The van der Waals surface area contributed by atoms with E-state index in [0.717, 1.165) is 5.56 Å². The van der Waals surface area contributed by atoms with E-state index < -0.39 is 41.7 Å². The number of hydrogen-bond acceptors (Lipinski definition) is 8. The van der Waals surface area contributed by atoms with Crippen LogP contribution in [0.1, 0.15) is 52.3 Å². The minimum Gasteiger partial charge on any atom is -0.443 e. The largest absolute Gasteiger partial charge is 0.443 e. The lowest BCUT2D eigenvalue weighted by atomic mass is 10.00. The highest BCUT2D eigenvalue weighted by Gasteiger charge is 2.29. The fourth-order valence-corrected chi connectivity index (χ4v) is 3.63. The first-order valence-electron chi connectivity index (χ1n) is 13.0. The number of pyridine rings is 1. The van der Waals surface area contributed by atoms with E-state index in [1.54, 1.807) is 44.1 Å². The van der Waals surface area contributed by atoms with Gasteiger partial charge in [0.25, 0.3) is 0 Å². The second kappa shape index (κ2) is 15.2. The quantitative estimate of drug-likeness (QED) is 0.239. The van der Waals surface area contributed by atoms with Gasteiger partial charge < -0.3 is 26.2 Å². The first kappa shape index (κ1) is 31.7. The molecular weight excluding hydrogens is 500 g/mol. The Kier molecular flexibility index (Phi) is 12.3. The predicted octanol–water partition coefficient (Wildman–Crippen LogP) is 1.65. The molecule has 0 spiro atoms. The summed E-state index contributed by atoms with van der Waals surface area (Å²) in [4.78, 5) is 41.8. The second-order valence-electron chi connectivity index (χ2n) is 10.6. The summed E-state index contributed by atoms with van der Waals surface area (Å²) < 4.78 is 5.34. The zero-order valence-electron chi connectivity index (χ0n) is 23.4. The zero-order valence-corrected chi connectivity index (χ0v) is 23.4. The first-order valence-corrected chi connectivity index (χ1v) is 13.0. The maximum Gasteiger partial charge on any atom is 0.422 e. The molecule has 6 N–H and O–H groups in total. The van der Waals surface area contributed by atoms with E-state index in [0.29, 0.717) is 12.1 Å². The maximum absolute atomic E-state index is 13.0. The molecule has 0 aliphatic rings. The lowest BCUT2D eigenvalue weighted by molar-refractivity contribution is -0.128. The van der Waals surface area contributed by atoms with Crippen molar-refractivity contribution < 1.29 is 24.2 Å². The third-order valence-corrected chi connectivity index (χ3v) is 5.67. The van der Waals surface area contributed by atoms with Crippen LogP contribution in [-0.2, 0) is 27.3 Å². The highest BCUT2D eigenvalue weighted by molar-refractivity contribution is 5.88. The molecule has 11 heteroatoms. The molecule has 1 aromatic heterocycles. The number of nitrogens with zero attached hydrogens (tertiary/aromatic N) is 2. The summed E-state index contributed by atoms with van der Waals surface area (Å²) >= 11 is 0. The van der Waals surface area contributed by atoms with E-state index in [1.807, 2.05) is 50.2 Å². The fourth-order valence-electron chi connectivity index (χ4n) is 3.63. The van der Waals surface area contributed by atoms with Gasteiger partial charge >= 0.3 is 6.09 Å². The molecule has 2 rings (SSSR count). The van der Waals surface area contributed by atoms with Crippen molar-refractivity contribution in [3.8, 4) is 0 Å². The van der Waals surface area contributed by atoms with Gasteiger partial charge in [0.1, 0.15) is 5.60 Å². The molecule has 0 bridgehead atoms. The summed E-state index contributed by atoms with van der Waals surface area (Å²) in [7, 11) is 0.